The highest BCUT2D eigenvalue weighted by atomic mass is 35.5. The van der Waals surface area contributed by atoms with Crippen LogP contribution in [0.5, 0.6) is 0 Å². The minimum Gasteiger partial charge on any atom is -0.481 e. The molecule has 1 aromatic heterocycles. The number of methoxy groups -OCH3 is 1. The van der Waals surface area contributed by atoms with Crippen LogP contribution in [0, 0.1) is 5.41 Å². The third-order valence-corrected chi connectivity index (χ3v) is 9.33. The van der Waals surface area contributed by atoms with Crippen molar-refractivity contribution in [2.75, 3.05) is 12.9 Å². The molecule has 0 spiro atoms. The first-order valence-electron chi connectivity index (χ1n) is 13.7. The van der Waals surface area contributed by atoms with Gasteiger partial charge < -0.3 is 9.84 Å². The van der Waals surface area contributed by atoms with Crippen molar-refractivity contribution in [2.24, 2.45) is 5.41 Å². The normalized spacial score (nSPS) is 14.7. The van der Waals surface area contributed by atoms with E-state index in [1.165, 1.54) is 12.7 Å². The van der Waals surface area contributed by atoms with Crippen LogP contribution < -0.4 is 0 Å². The van der Waals surface area contributed by atoms with Gasteiger partial charge in [0.15, 0.2) is 0 Å². The molecule has 1 unspecified atom stereocenters. The molecule has 5 rings (SSSR count). The number of benzene rings is 3. The van der Waals surface area contributed by atoms with Gasteiger partial charge in [-0.2, -0.15) is 11.8 Å². The molecule has 1 heterocycles. The second-order valence-electron chi connectivity index (χ2n) is 10.7. The lowest BCUT2D eigenvalue weighted by molar-refractivity contribution is -0.138. The number of carboxylic acids is 1. The molecule has 7 heteroatoms. The number of fused-ring (bicyclic) bond motifs is 1. The van der Waals surface area contributed by atoms with E-state index in [2.05, 4.69) is 30.3 Å². The lowest BCUT2D eigenvalue weighted by Gasteiger charge is -2.21. The summed E-state index contributed by atoms with van der Waals surface area (Å²) in [5.41, 5.74) is 5.37. The Morgan fingerprint density at radius 2 is 1.83 bits per heavy atom. The number of pyridine rings is 1. The number of esters is 1. The molecular formula is C34H32ClNO4S. The Bertz CT molecular complexity index is 1600. The SMILES string of the molecule is COC(=O)c1ccccc1CC(Cc1cccc(C=Cc2ccc3ccc(Cl)cc3n2)c1)SCC1(CC(=O)O)CC1. The fourth-order valence-electron chi connectivity index (χ4n) is 5.07. The van der Waals surface area contributed by atoms with Crippen molar-refractivity contribution in [3.8, 4) is 0 Å². The Morgan fingerprint density at radius 3 is 2.61 bits per heavy atom. The summed E-state index contributed by atoms with van der Waals surface area (Å²) in [5.74, 6) is -0.286. The molecule has 3 aromatic carbocycles. The standard InChI is InChI=1S/C34H32ClNO4S/c1-40-33(39)30-8-3-2-7-26(30)19-29(41-22-34(15-16-34)21-32(37)38)18-24-6-4-5-23(17-24)9-13-28-14-11-25-10-12-27(35)20-31(25)36-28/h2-14,17,20,29H,15-16,18-19,21-22H2,1H3,(H,37,38). The van der Waals surface area contributed by atoms with Crippen LogP contribution >= 0.6 is 23.4 Å². The van der Waals surface area contributed by atoms with Gasteiger partial charge in [0.05, 0.1) is 30.3 Å². The Labute approximate surface area is 249 Å². The number of ether oxygens (including phenoxy) is 1. The summed E-state index contributed by atoms with van der Waals surface area (Å²) in [5, 5.41) is 11.3. The third kappa shape index (κ3) is 7.78. The molecule has 1 aliphatic rings. The Hall–Kier alpha value is -3.61. The quantitative estimate of drug-likeness (QED) is 0.170. The van der Waals surface area contributed by atoms with Crippen LogP contribution in [0.25, 0.3) is 23.1 Å². The number of thioether (sulfide) groups is 1. The van der Waals surface area contributed by atoms with Gasteiger partial charge in [-0.15, -0.1) is 0 Å². The van der Waals surface area contributed by atoms with Crippen LogP contribution in [0.4, 0.5) is 0 Å². The molecule has 0 aliphatic heterocycles. The van der Waals surface area contributed by atoms with E-state index in [-0.39, 0.29) is 23.1 Å². The van der Waals surface area contributed by atoms with Crippen LogP contribution in [0.2, 0.25) is 5.02 Å². The smallest absolute Gasteiger partial charge is 0.338 e. The maximum Gasteiger partial charge on any atom is 0.338 e. The Morgan fingerprint density at radius 1 is 1.02 bits per heavy atom. The van der Waals surface area contributed by atoms with Gasteiger partial charge in [0.2, 0.25) is 0 Å². The number of carbonyl (C=O) groups excluding carboxylic acids is 1. The molecule has 1 aliphatic carbocycles. The molecule has 1 saturated carbocycles. The van der Waals surface area contributed by atoms with Crippen LogP contribution in [0.1, 0.15) is 52.0 Å². The van der Waals surface area contributed by atoms with E-state index in [0.717, 1.165) is 52.7 Å². The summed E-state index contributed by atoms with van der Waals surface area (Å²) in [6.07, 6.45) is 7.64. The minimum atomic E-state index is -0.737. The number of carbonyl (C=O) groups is 2. The van der Waals surface area contributed by atoms with E-state index >= 15 is 0 Å². The van der Waals surface area contributed by atoms with Gasteiger partial charge in [0.25, 0.3) is 0 Å². The highest BCUT2D eigenvalue weighted by Crippen LogP contribution is 2.51. The summed E-state index contributed by atoms with van der Waals surface area (Å²) >= 11 is 7.96. The van der Waals surface area contributed by atoms with Crippen molar-refractivity contribution < 1.29 is 19.4 Å². The topological polar surface area (TPSA) is 76.5 Å². The number of nitrogens with zero attached hydrogens (tertiary/aromatic N) is 1. The molecular weight excluding hydrogens is 554 g/mol. The second kappa shape index (κ2) is 12.9. The van der Waals surface area contributed by atoms with Crippen LogP contribution in [-0.4, -0.2) is 40.1 Å². The fraction of sp³-hybridized carbons (Fsp3) is 0.265. The van der Waals surface area contributed by atoms with Gasteiger partial charge in [-0.25, -0.2) is 9.78 Å². The Balaban J connectivity index is 1.34. The number of hydrogen-bond acceptors (Lipinski definition) is 5. The monoisotopic (exact) mass is 585 g/mol. The van der Waals surface area contributed by atoms with E-state index in [9.17, 15) is 14.7 Å². The van der Waals surface area contributed by atoms with E-state index in [0.29, 0.717) is 17.0 Å². The van der Waals surface area contributed by atoms with E-state index in [1.54, 1.807) is 6.07 Å². The average Bonchev–Trinajstić information content (AvgIpc) is 3.73. The molecule has 0 saturated heterocycles. The van der Waals surface area contributed by atoms with Crippen molar-refractivity contribution in [1.29, 1.82) is 0 Å². The molecule has 210 valence electrons. The van der Waals surface area contributed by atoms with Gasteiger partial charge in [-0.05, 0) is 83.9 Å². The summed E-state index contributed by atoms with van der Waals surface area (Å²) in [6, 6.07) is 25.7. The molecule has 4 aromatic rings. The lowest BCUT2D eigenvalue weighted by atomic mass is 9.98. The first-order valence-corrected chi connectivity index (χ1v) is 15.1. The van der Waals surface area contributed by atoms with Crippen LogP contribution in [0.15, 0.2) is 78.9 Å². The predicted octanol–water partition coefficient (Wildman–Crippen LogP) is 7.99. The second-order valence-corrected chi connectivity index (χ2v) is 12.4. The summed E-state index contributed by atoms with van der Waals surface area (Å²) < 4.78 is 5.02. The summed E-state index contributed by atoms with van der Waals surface area (Å²) in [6.45, 7) is 0. The number of carboxylic acid groups (broad SMARTS) is 1. The molecule has 1 atom stereocenters. The summed E-state index contributed by atoms with van der Waals surface area (Å²) in [4.78, 5) is 28.6. The lowest BCUT2D eigenvalue weighted by Crippen LogP contribution is -2.18. The number of aromatic nitrogens is 1. The van der Waals surface area contributed by atoms with Crippen molar-refractivity contribution in [3.05, 3.63) is 112 Å². The minimum absolute atomic E-state index is 0.113. The van der Waals surface area contributed by atoms with Gasteiger partial charge in [-0.3, -0.25) is 4.79 Å². The van der Waals surface area contributed by atoms with E-state index in [4.69, 9.17) is 21.3 Å². The van der Waals surface area contributed by atoms with Crippen molar-refractivity contribution in [2.45, 2.75) is 37.4 Å². The predicted molar refractivity (Wildman–Crippen MR) is 167 cm³/mol. The van der Waals surface area contributed by atoms with Crippen molar-refractivity contribution in [3.63, 3.8) is 0 Å². The first-order chi connectivity index (χ1) is 19.8. The van der Waals surface area contributed by atoms with E-state index < -0.39 is 5.97 Å². The fourth-order valence-corrected chi connectivity index (χ4v) is 6.83. The highest BCUT2D eigenvalue weighted by molar-refractivity contribution is 7.99. The molecule has 5 nitrogen and oxygen atoms in total. The van der Waals surface area contributed by atoms with E-state index in [1.807, 2.05) is 66.4 Å². The van der Waals surface area contributed by atoms with Crippen molar-refractivity contribution in [1.82, 2.24) is 4.98 Å². The molecule has 41 heavy (non-hydrogen) atoms. The third-order valence-electron chi connectivity index (χ3n) is 7.52. The number of hydrogen-bond donors (Lipinski definition) is 1. The number of rotatable bonds is 12. The zero-order valence-corrected chi connectivity index (χ0v) is 24.5. The van der Waals surface area contributed by atoms with Crippen LogP contribution in [-0.2, 0) is 22.4 Å². The zero-order chi connectivity index (χ0) is 28.8. The molecule has 1 fully saturated rings. The molecule has 0 bridgehead atoms. The molecule has 1 N–H and O–H groups in total. The number of aliphatic carboxylic acids is 1. The van der Waals surface area contributed by atoms with Crippen LogP contribution in [0.3, 0.4) is 0 Å². The van der Waals surface area contributed by atoms with Crippen molar-refractivity contribution >= 4 is 58.4 Å². The highest BCUT2D eigenvalue weighted by Gasteiger charge is 2.44. The molecule has 0 radical (unpaired) electrons. The van der Waals surface area contributed by atoms with Gasteiger partial charge >= 0.3 is 11.9 Å². The van der Waals surface area contributed by atoms with Gasteiger partial charge in [0.1, 0.15) is 0 Å². The first kappa shape index (κ1) is 28.9. The maximum atomic E-state index is 12.4. The van der Waals surface area contributed by atoms with Gasteiger partial charge in [0, 0.05) is 15.7 Å². The average molecular weight is 586 g/mol. The molecule has 0 amide bonds. The summed E-state index contributed by atoms with van der Waals surface area (Å²) in [7, 11) is 1.40. The largest absolute Gasteiger partial charge is 0.481 e. The van der Waals surface area contributed by atoms with Gasteiger partial charge in [-0.1, -0.05) is 72.3 Å². The number of halogens is 1. The zero-order valence-electron chi connectivity index (χ0n) is 22.9. The Kier molecular flexibility index (Phi) is 9.11. The maximum absolute atomic E-state index is 12.4.